The van der Waals surface area contributed by atoms with Crippen molar-refractivity contribution in [2.24, 2.45) is 4.99 Å². The molecule has 2 aliphatic heterocycles. The van der Waals surface area contributed by atoms with E-state index in [1.54, 1.807) is 18.7 Å². The number of rotatable bonds is 3. The molecule has 0 aliphatic carbocycles. The van der Waals surface area contributed by atoms with Gasteiger partial charge in [-0.3, -0.25) is 9.69 Å². The van der Waals surface area contributed by atoms with E-state index >= 15 is 0 Å². The van der Waals surface area contributed by atoms with Gasteiger partial charge in [-0.15, -0.1) is 0 Å². The molecule has 1 saturated heterocycles. The molecule has 0 saturated carbocycles. The van der Waals surface area contributed by atoms with Crippen molar-refractivity contribution in [3.63, 3.8) is 0 Å². The van der Waals surface area contributed by atoms with Crippen molar-refractivity contribution >= 4 is 29.5 Å². The SMILES string of the molecule is CCN1C(=O)C2C(N=C(n3nc(C)cc3C)N2Cc2ccccc2Cl)N(C)C1=O. The maximum absolute atomic E-state index is 13.2. The van der Waals surface area contributed by atoms with Gasteiger partial charge in [-0.25, -0.2) is 14.5 Å². The summed E-state index contributed by atoms with van der Waals surface area (Å²) in [5.41, 5.74) is 2.63. The number of likely N-dealkylation sites (N-methyl/N-ethyl adjacent to an activating group) is 2. The Labute approximate surface area is 174 Å². The van der Waals surface area contributed by atoms with Gasteiger partial charge in [-0.05, 0) is 38.5 Å². The van der Waals surface area contributed by atoms with E-state index in [2.05, 4.69) is 5.10 Å². The topological polar surface area (TPSA) is 74.0 Å². The van der Waals surface area contributed by atoms with Crippen LogP contribution < -0.4 is 0 Å². The zero-order valence-corrected chi connectivity index (χ0v) is 17.6. The lowest BCUT2D eigenvalue weighted by Crippen LogP contribution is -2.65. The summed E-state index contributed by atoms with van der Waals surface area (Å²) >= 11 is 6.40. The van der Waals surface area contributed by atoms with Gasteiger partial charge in [0.2, 0.25) is 5.96 Å². The molecule has 8 nitrogen and oxygen atoms in total. The Hall–Kier alpha value is -2.87. The third-order valence-electron chi connectivity index (χ3n) is 5.39. The molecule has 3 amide bonds. The minimum atomic E-state index is -0.632. The fraction of sp³-hybridized carbons (Fsp3) is 0.400. The van der Waals surface area contributed by atoms with Gasteiger partial charge in [0.05, 0.1) is 5.69 Å². The number of aryl methyl sites for hydroxylation is 2. The number of hydrogen-bond donors (Lipinski definition) is 0. The van der Waals surface area contributed by atoms with E-state index in [4.69, 9.17) is 16.6 Å². The highest BCUT2D eigenvalue weighted by atomic mass is 35.5. The molecular formula is C20H23ClN6O2. The predicted molar refractivity (Wildman–Crippen MR) is 110 cm³/mol. The quantitative estimate of drug-likeness (QED) is 0.773. The third-order valence-corrected chi connectivity index (χ3v) is 5.75. The highest BCUT2D eigenvalue weighted by Crippen LogP contribution is 2.31. The number of amides is 3. The summed E-state index contributed by atoms with van der Waals surface area (Å²) in [6.07, 6.45) is -0.612. The molecule has 0 spiro atoms. The van der Waals surface area contributed by atoms with Gasteiger partial charge in [0.1, 0.15) is 0 Å². The minimum absolute atomic E-state index is 0.257. The normalized spacial score (nSPS) is 21.7. The Morgan fingerprint density at radius 3 is 2.52 bits per heavy atom. The maximum Gasteiger partial charge on any atom is 0.328 e. The van der Waals surface area contributed by atoms with Gasteiger partial charge in [-0.2, -0.15) is 5.10 Å². The first-order chi connectivity index (χ1) is 13.8. The summed E-state index contributed by atoms with van der Waals surface area (Å²) in [7, 11) is 1.68. The molecule has 2 aliphatic rings. The standard InChI is InChI=1S/C20H23ClN6O2/c1-5-25-18(28)16-17(24(4)20(25)29)22-19(27-13(3)10-12(2)23-27)26(16)11-14-8-6-7-9-15(14)21/h6-10,16-17H,5,11H2,1-4H3. The number of carbonyl (C=O) groups is 2. The zero-order valence-electron chi connectivity index (χ0n) is 16.8. The molecular weight excluding hydrogens is 392 g/mol. The average molecular weight is 415 g/mol. The van der Waals surface area contributed by atoms with Crippen LogP contribution in [0.25, 0.3) is 0 Å². The zero-order chi connectivity index (χ0) is 20.9. The predicted octanol–water partition coefficient (Wildman–Crippen LogP) is 2.48. The first-order valence-electron chi connectivity index (χ1n) is 9.53. The first-order valence-corrected chi connectivity index (χ1v) is 9.91. The summed E-state index contributed by atoms with van der Waals surface area (Å²) in [5, 5.41) is 5.17. The van der Waals surface area contributed by atoms with E-state index in [9.17, 15) is 9.59 Å². The molecule has 1 aromatic heterocycles. The van der Waals surface area contributed by atoms with Crippen LogP contribution in [0, 0.1) is 13.8 Å². The van der Waals surface area contributed by atoms with Gasteiger partial charge in [0, 0.05) is 30.9 Å². The lowest BCUT2D eigenvalue weighted by molar-refractivity contribution is -0.137. The smallest absolute Gasteiger partial charge is 0.321 e. The summed E-state index contributed by atoms with van der Waals surface area (Å²) in [6, 6.07) is 8.50. The van der Waals surface area contributed by atoms with Crippen LogP contribution in [0.3, 0.4) is 0 Å². The van der Waals surface area contributed by atoms with Gasteiger partial charge in [0.15, 0.2) is 12.2 Å². The molecule has 9 heteroatoms. The van der Waals surface area contributed by atoms with Crippen molar-refractivity contribution in [3.8, 4) is 0 Å². The van der Waals surface area contributed by atoms with Crippen LogP contribution in [0.15, 0.2) is 35.3 Å². The van der Waals surface area contributed by atoms with Crippen molar-refractivity contribution in [2.45, 2.75) is 39.5 Å². The van der Waals surface area contributed by atoms with Crippen LogP contribution in [0.5, 0.6) is 0 Å². The molecule has 0 N–H and O–H groups in total. The number of aliphatic imine (C=N–C) groups is 1. The van der Waals surface area contributed by atoms with Gasteiger partial charge in [-0.1, -0.05) is 29.8 Å². The number of urea groups is 1. The molecule has 2 unspecified atom stereocenters. The number of fused-ring (bicyclic) bond motifs is 1. The van der Waals surface area contributed by atoms with Gasteiger partial charge in [0.25, 0.3) is 5.91 Å². The first kappa shape index (κ1) is 19.4. The Bertz CT molecular complexity index is 1020. The summed E-state index contributed by atoms with van der Waals surface area (Å²) in [5.74, 6) is 0.282. The highest BCUT2D eigenvalue weighted by Gasteiger charge is 2.52. The van der Waals surface area contributed by atoms with E-state index in [0.717, 1.165) is 17.0 Å². The number of aromatic nitrogens is 2. The Balaban J connectivity index is 1.82. The number of carbonyl (C=O) groups excluding carboxylic acids is 2. The number of nitrogens with zero attached hydrogens (tertiary/aromatic N) is 6. The summed E-state index contributed by atoms with van der Waals surface area (Å²) in [4.78, 5) is 35.3. The van der Waals surface area contributed by atoms with Crippen molar-refractivity contribution in [1.29, 1.82) is 0 Å². The van der Waals surface area contributed by atoms with E-state index in [1.165, 1.54) is 9.80 Å². The van der Waals surface area contributed by atoms with Crippen LogP contribution in [0.4, 0.5) is 4.79 Å². The average Bonchev–Trinajstić information content (AvgIpc) is 3.22. The largest absolute Gasteiger partial charge is 0.328 e. The Morgan fingerprint density at radius 2 is 1.90 bits per heavy atom. The molecule has 4 rings (SSSR count). The second-order valence-electron chi connectivity index (χ2n) is 7.32. The molecule has 2 atom stereocenters. The Kier molecular flexibility index (Phi) is 4.82. The number of benzene rings is 1. The monoisotopic (exact) mass is 414 g/mol. The third kappa shape index (κ3) is 3.07. The second-order valence-corrected chi connectivity index (χ2v) is 7.73. The summed E-state index contributed by atoms with van der Waals surface area (Å²) < 4.78 is 1.73. The molecule has 0 radical (unpaired) electrons. The lowest BCUT2D eigenvalue weighted by atomic mass is 10.1. The minimum Gasteiger partial charge on any atom is -0.321 e. The second kappa shape index (κ2) is 7.18. The van der Waals surface area contributed by atoms with E-state index in [1.807, 2.05) is 49.1 Å². The van der Waals surface area contributed by atoms with Crippen molar-refractivity contribution in [1.82, 2.24) is 24.5 Å². The molecule has 29 heavy (non-hydrogen) atoms. The highest BCUT2D eigenvalue weighted by molar-refractivity contribution is 6.31. The van der Waals surface area contributed by atoms with E-state index < -0.39 is 12.2 Å². The number of halogens is 1. The van der Waals surface area contributed by atoms with Crippen LogP contribution in [0.1, 0.15) is 23.9 Å². The molecule has 0 bridgehead atoms. The van der Waals surface area contributed by atoms with Crippen LogP contribution >= 0.6 is 11.6 Å². The van der Waals surface area contributed by atoms with Crippen molar-refractivity contribution in [2.75, 3.05) is 13.6 Å². The van der Waals surface area contributed by atoms with Crippen LogP contribution in [-0.2, 0) is 11.3 Å². The lowest BCUT2D eigenvalue weighted by Gasteiger charge is -2.41. The Morgan fingerprint density at radius 1 is 1.17 bits per heavy atom. The van der Waals surface area contributed by atoms with Gasteiger partial charge >= 0.3 is 6.03 Å². The molecule has 2 aromatic rings. The van der Waals surface area contributed by atoms with Gasteiger partial charge < -0.3 is 9.80 Å². The number of imide groups is 1. The summed E-state index contributed by atoms with van der Waals surface area (Å²) in [6.45, 7) is 6.32. The van der Waals surface area contributed by atoms with Crippen LogP contribution in [-0.4, -0.2) is 68.2 Å². The molecule has 1 fully saturated rings. The van der Waals surface area contributed by atoms with Crippen molar-refractivity contribution < 1.29 is 9.59 Å². The van der Waals surface area contributed by atoms with Crippen molar-refractivity contribution in [3.05, 3.63) is 52.3 Å². The molecule has 1 aromatic carbocycles. The fourth-order valence-corrected chi connectivity index (χ4v) is 4.14. The van der Waals surface area contributed by atoms with E-state index in [0.29, 0.717) is 24.1 Å². The van der Waals surface area contributed by atoms with Crippen LogP contribution in [0.2, 0.25) is 5.02 Å². The molecule has 3 heterocycles. The maximum atomic E-state index is 13.2. The molecule has 152 valence electrons. The van der Waals surface area contributed by atoms with E-state index in [-0.39, 0.29) is 11.9 Å². The number of hydrogen-bond acceptors (Lipinski definition) is 5. The fourth-order valence-electron chi connectivity index (χ4n) is 3.94.